The summed E-state index contributed by atoms with van der Waals surface area (Å²) in [5, 5.41) is 6.26. The molecular formula is C33H24NO+. The van der Waals surface area contributed by atoms with Gasteiger partial charge in [0, 0.05) is 34.0 Å². The number of rotatable bonds is 2. The van der Waals surface area contributed by atoms with Gasteiger partial charge in [-0.2, -0.15) is 0 Å². The Labute approximate surface area is 205 Å². The SMILES string of the molecule is [2H]c1c2ccccc2c(-c2cccc3c2oc2c(-c4cccc[n+]4C)c(C)ccc23)c2ccccc12. The second-order valence-electron chi connectivity index (χ2n) is 9.21. The Hall–Kier alpha value is -4.43. The van der Waals surface area contributed by atoms with E-state index in [1.54, 1.807) is 0 Å². The molecule has 0 aliphatic carbocycles. The summed E-state index contributed by atoms with van der Waals surface area (Å²) in [4.78, 5) is 0. The van der Waals surface area contributed by atoms with Crippen LogP contribution in [0.15, 0.2) is 114 Å². The minimum absolute atomic E-state index is 0.566. The molecule has 0 amide bonds. The van der Waals surface area contributed by atoms with Crippen molar-refractivity contribution in [2.24, 2.45) is 7.05 Å². The van der Waals surface area contributed by atoms with Gasteiger partial charge >= 0.3 is 0 Å². The van der Waals surface area contributed by atoms with Crippen LogP contribution in [0.1, 0.15) is 6.93 Å². The number of nitrogens with zero attached hydrogens (tertiary/aromatic N) is 1. The highest BCUT2D eigenvalue weighted by Gasteiger charge is 2.22. The fraction of sp³-hybridized carbons (Fsp3) is 0.0606. The quantitative estimate of drug-likeness (QED) is 0.191. The van der Waals surface area contributed by atoms with Crippen LogP contribution in [0, 0.1) is 6.92 Å². The van der Waals surface area contributed by atoms with Gasteiger partial charge in [-0.05, 0) is 46.1 Å². The van der Waals surface area contributed by atoms with Crippen LogP contribution in [0.2, 0.25) is 0 Å². The normalized spacial score (nSPS) is 12.1. The zero-order chi connectivity index (χ0) is 24.4. The van der Waals surface area contributed by atoms with Crippen molar-refractivity contribution in [3.05, 3.63) is 115 Å². The molecule has 0 bridgehead atoms. The number of hydrogen-bond donors (Lipinski definition) is 0. The van der Waals surface area contributed by atoms with Gasteiger partial charge in [-0.25, -0.2) is 4.57 Å². The van der Waals surface area contributed by atoms with E-state index in [4.69, 9.17) is 5.79 Å². The van der Waals surface area contributed by atoms with Crippen molar-refractivity contribution in [3.63, 3.8) is 0 Å². The molecule has 2 heterocycles. The summed E-state index contributed by atoms with van der Waals surface area (Å²) >= 11 is 0. The standard InChI is InChI=1S/C33H24NO/c1-21-17-18-27-26-14-9-15-28(32(26)35-33(27)30(21)29-16-7-8-19-34(29)2)31-24-12-5-3-10-22(24)20-23-11-4-6-13-25(23)31/h3-20H,1-2H3/q+1/i20D. The molecule has 0 spiro atoms. The number of aromatic nitrogens is 1. The van der Waals surface area contributed by atoms with E-state index in [9.17, 15) is 0 Å². The van der Waals surface area contributed by atoms with Crippen LogP contribution in [0.5, 0.6) is 0 Å². The molecule has 0 aliphatic rings. The number of para-hydroxylation sites is 1. The number of aryl methyl sites for hydroxylation is 2. The highest BCUT2D eigenvalue weighted by Crippen LogP contribution is 2.44. The average molecular weight is 452 g/mol. The van der Waals surface area contributed by atoms with E-state index in [1.807, 2.05) is 30.3 Å². The highest BCUT2D eigenvalue weighted by molar-refractivity contribution is 6.19. The first-order valence-electron chi connectivity index (χ1n) is 12.4. The predicted molar refractivity (Wildman–Crippen MR) is 146 cm³/mol. The third-order valence-electron chi connectivity index (χ3n) is 7.12. The monoisotopic (exact) mass is 451 g/mol. The van der Waals surface area contributed by atoms with Crippen molar-refractivity contribution < 1.29 is 10.4 Å². The minimum Gasteiger partial charge on any atom is -0.454 e. The van der Waals surface area contributed by atoms with Crippen molar-refractivity contribution in [1.29, 1.82) is 0 Å². The largest absolute Gasteiger partial charge is 0.454 e. The molecule has 0 N–H and O–H groups in total. The predicted octanol–water partition coefficient (Wildman–Crippen LogP) is 8.36. The Morgan fingerprint density at radius 2 is 1.29 bits per heavy atom. The zero-order valence-electron chi connectivity index (χ0n) is 20.7. The van der Waals surface area contributed by atoms with Gasteiger partial charge in [0.1, 0.15) is 18.2 Å². The molecule has 0 unspecified atom stereocenters. The lowest BCUT2D eigenvalue weighted by atomic mass is 9.91. The van der Waals surface area contributed by atoms with Crippen LogP contribution in [0.25, 0.3) is 65.9 Å². The number of benzene rings is 5. The second kappa shape index (κ2) is 7.54. The van der Waals surface area contributed by atoms with E-state index < -0.39 is 0 Å². The van der Waals surface area contributed by atoms with E-state index in [-0.39, 0.29) is 0 Å². The molecule has 2 nitrogen and oxygen atoms in total. The number of hydrogen-bond acceptors (Lipinski definition) is 1. The van der Waals surface area contributed by atoms with Gasteiger partial charge in [0.05, 0.1) is 6.93 Å². The van der Waals surface area contributed by atoms with Gasteiger partial charge in [-0.1, -0.05) is 78.9 Å². The number of fused-ring (bicyclic) bond motifs is 5. The summed E-state index contributed by atoms with van der Waals surface area (Å²) in [5.74, 6) is 0. The lowest BCUT2D eigenvalue weighted by Gasteiger charge is -2.12. The van der Waals surface area contributed by atoms with Crippen LogP contribution in [-0.2, 0) is 7.05 Å². The first-order chi connectivity index (χ1) is 17.6. The van der Waals surface area contributed by atoms with E-state index in [1.165, 1.54) is 5.56 Å². The fourth-order valence-electron chi connectivity index (χ4n) is 5.46. The Balaban J connectivity index is 1.65. The Bertz CT molecular complexity index is 1930. The zero-order valence-corrected chi connectivity index (χ0v) is 19.7. The van der Waals surface area contributed by atoms with Crippen molar-refractivity contribution in [3.8, 4) is 22.4 Å². The average Bonchev–Trinajstić information content (AvgIpc) is 3.29. The van der Waals surface area contributed by atoms with Crippen LogP contribution < -0.4 is 4.57 Å². The molecule has 7 aromatic rings. The summed E-state index contributed by atoms with van der Waals surface area (Å²) in [6.07, 6.45) is 2.07. The van der Waals surface area contributed by atoms with Gasteiger partial charge in [-0.15, -0.1) is 0 Å². The van der Waals surface area contributed by atoms with Gasteiger partial charge in [0.15, 0.2) is 6.20 Å². The number of pyridine rings is 1. The molecular weight excluding hydrogens is 426 g/mol. The van der Waals surface area contributed by atoms with E-state index >= 15 is 0 Å². The Morgan fingerprint density at radius 1 is 0.629 bits per heavy atom. The summed E-state index contributed by atoms with van der Waals surface area (Å²) in [7, 11) is 2.07. The molecule has 7 rings (SSSR count). The highest BCUT2D eigenvalue weighted by atomic mass is 16.3. The van der Waals surface area contributed by atoms with Gasteiger partial charge < -0.3 is 4.42 Å². The van der Waals surface area contributed by atoms with Crippen molar-refractivity contribution in [2.75, 3.05) is 0 Å². The lowest BCUT2D eigenvalue weighted by molar-refractivity contribution is -0.660. The molecule has 5 aromatic carbocycles. The second-order valence-corrected chi connectivity index (χ2v) is 9.21. The topological polar surface area (TPSA) is 17.0 Å². The van der Waals surface area contributed by atoms with E-state index in [0.29, 0.717) is 6.04 Å². The molecule has 0 atom stereocenters. The molecule has 0 saturated carbocycles. The first kappa shape index (κ1) is 18.9. The van der Waals surface area contributed by atoms with Gasteiger partial charge in [0.25, 0.3) is 0 Å². The van der Waals surface area contributed by atoms with E-state index in [0.717, 1.165) is 65.9 Å². The lowest BCUT2D eigenvalue weighted by Crippen LogP contribution is -2.30. The van der Waals surface area contributed by atoms with Crippen molar-refractivity contribution >= 4 is 43.5 Å². The molecule has 2 aromatic heterocycles. The van der Waals surface area contributed by atoms with Crippen molar-refractivity contribution in [1.82, 2.24) is 0 Å². The summed E-state index contributed by atoms with van der Waals surface area (Å²) in [6, 6.07) is 34.1. The maximum Gasteiger partial charge on any atom is 0.216 e. The maximum atomic E-state index is 8.88. The van der Waals surface area contributed by atoms with Crippen LogP contribution in [0.4, 0.5) is 0 Å². The fourth-order valence-corrected chi connectivity index (χ4v) is 5.46. The third-order valence-corrected chi connectivity index (χ3v) is 7.12. The smallest absolute Gasteiger partial charge is 0.216 e. The summed E-state index contributed by atoms with van der Waals surface area (Å²) < 4.78 is 17.9. The van der Waals surface area contributed by atoms with Crippen LogP contribution in [0.3, 0.4) is 0 Å². The molecule has 2 heteroatoms. The molecule has 0 radical (unpaired) electrons. The molecule has 35 heavy (non-hydrogen) atoms. The summed E-state index contributed by atoms with van der Waals surface area (Å²) in [6.45, 7) is 2.14. The molecule has 0 aliphatic heterocycles. The molecule has 166 valence electrons. The molecule has 0 fully saturated rings. The first-order valence-corrected chi connectivity index (χ1v) is 11.9. The van der Waals surface area contributed by atoms with Crippen molar-refractivity contribution in [2.45, 2.75) is 6.92 Å². The van der Waals surface area contributed by atoms with E-state index in [2.05, 4.69) is 91.5 Å². The number of furan rings is 1. The Kier molecular flexibility index (Phi) is 4.08. The third kappa shape index (κ3) is 2.93. The Morgan fingerprint density at radius 3 is 2.03 bits per heavy atom. The van der Waals surface area contributed by atoms with Gasteiger partial charge in [0.2, 0.25) is 5.69 Å². The van der Waals surface area contributed by atoms with Crippen LogP contribution >= 0.6 is 0 Å². The van der Waals surface area contributed by atoms with Gasteiger partial charge in [-0.3, -0.25) is 0 Å². The molecule has 0 saturated heterocycles. The summed E-state index contributed by atoms with van der Waals surface area (Å²) in [5.41, 5.74) is 7.38. The maximum absolute atomic E-state index is 8.88. The minimum atomic E-state index is 0.566. The van der Waals surface area contributed by atoms with Crippen LogP contribution in [-0.4, -0.2) is 0 Å².